The number of aromatic nitrogens is 3. The third-order valence-corrected chi connectivity index (χ3v) is 6.79. The number of rotatable bonds is 4. The summed E-state index contributed by atoms with van der Waals surface area (Å²) in [4.78, 5) is 35.5. The van der Waals surface area contributed by atoms with Crippen molar-refractivity contribution in [2.24, 2.45) is 7.05 Å². The van der Waals surface area contributed by atoms with Gasteiger partial charge in [0.25, 0.3) is 5.56 Å². The number of hydrogen-bond donors (Lipinski definition) is 1. The summed E-state index contributed by atoms with van der Waals surface area (Å²) in [6, 6.07) is 3.38. The molecule has 0 fully saturated rings. The van der Waals surface area contributed by atoms with E-state index in [-0.39, 0.29) is 22.4 Å². The van der Waals surface area contributed by atoms with Gasteiger partial charge in [-0.25, -0.2) is 9.97 Å². The molecule has 0 unspecified atom stereocenters. The number of anilines is 1. The zero-order chi connectivity index (χ0) is 18.3. The highest BCUT2D eigenvalue weighted by molar-refractivity contribution is 7.99. The molecule has 0 bridgehead atoms. The standard InChI is InChI=1S/C17H15ClN4O2S2/c1-22-16(24)13-9-4-2-6-11(9)26-15(13)21-17(22)25-8-12(23)20-10-5-3-7-19-14(10)18/h3,5,7H,2,4,6,8H2,1H3,(H,20,23). The first-order valence-corrected chi connectivity index (χ1v) is 10.3. The molecule has 0 aromatic carbocycles. The molecule has 3 heterocycles. The van der Waals surface area contributed by atoms with Crippen molar-refractivity contribution in [2.75, 3.05) is 11.1 Å². The summed E-state index contributed by atoms with van der Waals surface area (Å²) < 4.78 is 1.53. The van der Waals surface area contributed by atoms with Gasteiger partial charge in [0, 0.05) is 18.1 Å². The van der Waals surface area contributed by atoms with Crippen LogP contribution in [0, 0.1) is 0 Å². The van der Waals surface area contributed by atoms with E-state index < -0.39 is 0 Å². The van der Waals surface area contributed by atoms with Crippen molar-refractivity contribution in [3.05, 3.63) is 44.3 Å². The van der Waals surface area contributed by atoms with E-state index in [1.165, 1.54) is 26.8 Å². The summed E-state index contributed by atoms with van der Waals surface area (Å²) in [7, 11) is 1.70. The maximum absolute atomic E-state index is 12.7. The van der Waals surface area contributed by atoms with Gasteiger partial charge in [-0.3, -0.25) is 14.2 Å². The predicted molar refractivity (Wildman–Crippen MR) is 105 cm³/mol. The first-order valence-electron chi connectivity index (χ1n) is 8.09. The minimum absolute atomic E-state index is 0.0346. The molecule has 4 rings (SSSR count). The van der Waals surface area contributed by atoms with Crippen LogP contribution in [0.15, 0.2) is 28.3 Å². The number of nitrogens with one attached hydrogen (secondary N) is 1. The van der Waals surface area contributed by atoms with Crippen molar-refractivity contribution in [3.8, 4) is 0 Å². The zero-order valence-corrected chi connectivity index (χ0v) is 16.3. The van der Waals surface area contributed by atoms with E-state index in [1.54, 1.807) is 36.7 Å². The molecular formula is C17H15ClN4O2S2. The van der Waals surface area contributed by atoms with Crippen molar-refractivity contribution in [3.63, 3.8) is 0 Å². The van der Waals surface area contributed by atoms with E-state index in [4.69, 9.17) is 11.6 Å². The first kappa shape index (κ1) is 17.5. The molecule has 1 aliphatic rings. The highest BCUT2D eigenvalue weighted by Gasteiger charge is 2.22. The Balaban J connectivity index is 1.54. The summed E-state index contributed by atoms with van der Waals surface area (Å²) in [5, 5.41) is 4.25. The molecule has 1 aliphatic carbocycles. The Hall–Kier alpha value is -1.90. The number of aryl methyl sites for hydroxylation is 2. The smallest absolute Gasteiger partial charge is 0.262 e. The van der Waals surface area contributed by atoms with Crippen molar-refractivity contribution in [1.29, 1.82) is 0 Å². The molecule has 0 radical (unpaired) electrons. The topological polar surface area (TPSA) is 76.9 Å². The van der Waals surface area contributed by atoms with E-state index in [0.29, 0.717) is 10.8 Å². The molecule has 1 amide bonds. The van der Waals surface area contributed by atoms with Gasteiger partial charge in [0.15, 0.2) is 10.3 Å². The SMILES string of the molecule is Cn1c(SCC(=O)Nc2cccnc2Cl)nc2sc3c(c2c1=O)CCC3. The van der Waals surface area contributed by atoms with E-state index >= 15 is 0 Å². The Kier molecular flexibility index (Phi) is 4.73. The van der Waals surface area contributed by atoms with Crippen LogP contribution in [0.4, 0.5) is 5.69 Å². The average Bonchev–Trinajstić information content (AvgIpc) is 3.19. The van der Waals surface area contributed by atoms with E-state index in [0.717, 1.165) is 29.5 Å². The zero-order valence-electron chi connectivity index (χ0n) is 13.9. The molecule has 6 nitrogen and oxygen atoms in total. The highest BCUT2D eigenvalue weighted by atomic mass is 35.5. The number of halogens is 1. The Bertz CT molecular complexity index is 1080. The van der Waals surface area contributed by atoms with Crippen molar-refractivity contribution in [1.82, 2.24) is 14.5 Å². The second-order valence-corrected chi connectivity index (χ2v) is 8.36. The summed E-state index contributed by atoms with van der Waals surface area (Å²) in [5.74, 6) is -0.102. The number of hydrogen-bond acceptors (Lipinski definition) is 6. The van der Waals surface area contributed by atoms with Crippen molar-refractivity contribution < 1.29 is 4.79 Å². The molecular weight excluding hydrogens is 392 g/mol. The Morgan fingerprint density at radius 3 is 3.12 bits per heavy atom. The number of amides is 1. The molecule has 0 spiro atoms. The normalized spacial score (nSPS) is 13.2. The second kappa shape index (κ2) is 7.02. The van der Waals surface area contributed by atoms with Gasteiger partial charge in [-0.05, 0) is 37.0 Å². The van der Waals surface area contributed by atoms with E-state index in [1.807, 2.05) is 0 Å². The van der Waals surface area contributed by atoms with Crippen molar-refractivity contribution >= 4 is 56.5 Å². The van der Waals surface area contributed by atoms with Crippen LogP contribution in [0.2, 0.25) is 5.15 Å². The highest BCUT2D eigenvalue weighted by Crippen LogP contribution is 2.35. The lowest BCUT2D eigenvalue weighted by molar-refractivity contribution is -0.113. The molecule has 9 heteroatoms. The Labute approximate surface area is 162 Å². The number of fused-ring (bicyclic) bond motifs is 3. The molecule has 0 atom stereocenters. The lowest BCUT2D eigenvalue weighted by Gasteiger charge is -2.08. The molecule has 0 saturated heterocycles. The van der Waals surface area contributed by atoms with E-state index in [2.05, 4.69) is 15.3 Å². The van der Waals surface area contributed by atoms with Crippen molar-refractivity contribution in [2.45, 2.75) is 24.4 Å². The monoisotopic (exact) mass is 406 g/mol. The molecule has 3 aromatic heterocycles. The van der Waals surface area contributed by atoms with Gasteiger partial charge in [-0.2, -0.15) is 0 Å². The lowest BCUT2D eigenvalue weighted by atomic mass is 10.2. The van der Waals surface area contributed by atoms with Crippen LogP contribution in [0.5, 0.6) is 0 Å². The third kappa shape index (κ3) is 3.13. The van der Waals surface area contributed by atoms with Crippen LogP contribution in [-0.2, 0) is 24.7 Å². The van der Waals surface area contributed by atoms with E-state index in [9.17, 15) is 9.59 Å². The number of carbonyl (C=O) groups excluding carboxylic acids is 1. The predicted octanol–water partition coefficient (Wildman–Crippen LogP) is 3.26. The molecule has 134 valence electrons. The maximum Gasteiger partial charge on any atom is 0.262 e. The summed E-state index contributed by atoms with van der Waals surface area (Å²) in [6.07, 6.45) is 4.64. The third-order valence-electron chi connectivity index (χ3n) is 4.27. The quantitative estimate of drug-likeness (QED) is 0.409. The number of nitrogens with zero attached hydrogens (tertiary/aromatic N) is 3. The van der Waals surface area contributed by atoms with Gasteiger partial charge >= 0.3 is 0 Å². The molecule has 0 saturated carbocycles. The van der Waals surface area contributed by atoms with Gasteiger partial charge in [-0.15, -0.1) is 11.3 Å². The molecule has 0 aliphatic heterocycles. The van der Waals surface area contributed by atoms with Crippen LogP contribution < -0.4 is 10.9 Å². The average molecular weight is 407 g/mol. The van der Waals surface area contributed by atoms with Gasteiger partial charge < -0.3 is 5.32 Å². The van der Waals surface area contributed by atoms with Crippen LogP contribution in [0.3, 0.4) is 0 Å². The molecule has 3 aromatic rings. The second-order valence-electron chi connectivity index (χ2n) is 5.97. The van der Waals surface area contributed by atoms with Crippen LogP contribution in [0.1, 0.15) is 16.9 Å². The fraction of sp³-hybridized carbons (Fsp3) is 0.294. The fourth-order valence-electron chi connectivity index (χ4n) is 3.03. The Morgan fingerprint density at radius 1 is 1.46 bits per heavy atom. The van der Waals surface area contributed by atoms with Crippen LogP contribution in [-0.4, -0.2) is 26.2 Å². The van der Waals surface area contributed by atoms with Gasteiger partial charge in [-0.1, -0.05) is 23.4 Å². The minimum atomic E-state index is -0.229. The molecule has 1 N–H and O–H groups in total. The summed E-state index contributed by atoms with van der Waals surface area (Å²) >= 11 is 8.78. The van der Waals surface area contributed by atoms with Crippen LogP contribution >= 0.6 is 34.7 Å². The van der Waals surface area contributed by atoms with Gasteiger partial charge in [0.05, 0.1) is 16.8 Å². The minimum Gasteiger partial charge on any atom is -0.323 e. The van der Waals surface area contributed by atoms with Gasteiger partial charge in [0.2, 0.25) is 5.91 Å². The van der Waals surface area contributed by atoms with Crippen LogP contribution in [0.25, 0.3) is 10.2 Å². The maximum atomic E-state index is 12.7. The fourth-order valence-corrected chi connectivity index (χ4v) is 5.27. The number of carbonyl (C=O) groups is 1. The van der Waals surface area contributed by atoms with Gasteiger partial charge in [0.1, 0.15) is 4.83 Å². The number of thioether (sulfide) groups is 1. The number of pyridine rings is 1. The largest absolute Gasteiger partial charge is 0.323 e. The Morgan fingerprint density at radius 2 is 2.31 bits per heavy atom. The number of thiophene rings is 1. The lowest BCUT2D eigenvalue weighted by Crippen LogP contribution is -2.21. The summed E-state index contributed by atoms with van der Waals surface area (Å²) in [5.41, 5.74) is 1.60. The summed E-state index contributed by atoms with van der Waals surface area (Å²) in [6.45, 7) is 0. The first-order chi connectivity index (χ1) is 12.5. The molecule has 26 heavy (non-hydrogen) atoms.